The number of nitrogens with two attached hydrogens (primary N) is 1. The molecule has 0 saturated carbocycles. The summed E-state index contributed by atoms with van der Waals surface area (Å²) in [6, 6.07) is -3.32. The number of aromatic nitrogens is 4. The molecule has 0 aliphatic carbocycles. The Hall–Kier alpha value is -3.70. The van der Waals surface area contributed by atoms with Crippen molar-refractivity contribution < 1.29 is 36.3 Å². The largest absolute Gasteiger partial charge is 0.418 e. The maximum Gasteiger partial charge on any atom is 0.418 e. The van der Waals surface area contributed by atoms with Gasteiger partial charge in [-0.1, -0.05) is 0 Å². The van der Waals surface area contributed by atoms with Crippen LogP contribution in [0.15, 0.2) is 6.20 Å². The number of urea groups is 1. The van der Waals surface area contributed by atoms with Gasteiger partial charge < -0.3 is 20.9 Å². The fourth-order valence-corrected chi connectivity index (χ4v) is 4.56. The maximum atomic E-state index is 13.2. The van der Waals surface area contributed by atoms with Crippen LogP contribution in [-0.2, 0) is 40.6 Å². The van der Waals surface area contributed by atoms with Crippen molar-refractivity contribution >= 4 is 39.7 Å². The summed E-state index contributed by atoms with van der Waals surface area (Å²) in [6.07, 6.45) is 1.58. The van der Waals surface area contributed by atoms with Crippen molar-refractivity contribution in [3.8, 4) is 0 Å². The zero-order valence-electron chi connectivity index (χ0n) is 19.0. The highest BCUT2D eigenvalue weighted by molar-refractivity contribution is 7.80. The molecule has 184 valence electrons. The number of anilines is 2. The van der Waals surface area contributed by atoms with E-state index in [1.807, 2.05) is 0 Å². The molecule has 16 nitrogen and oxygen atoms in total. The molecule has 1 saturated heterocycles. The lowest BCUT2D eigenvalue weighted by atomic mass is 9.94. The summed E-state index contributed by atoms with van der Waals surface area (Å²) in [5.41, 5.74) is 6.47. The van der Waals surface area contributed by atoms with Gasteiger partial charge in [0.2, 0.25) is 6.20 Å². The molecule has 1 fully saturated rings. The van der Waals surface area contributed by atoms with Crippen molar-refractivity contribution in [2.45, 2.75) is 12.1 Å². The van der Waals surface area contributed by atoms with Crippen LogP contribution in [-0.4, -0.2) is 80.8 Å². The number of hydroxylamine groups is 2. The third kappa shape index (κ3) is 3.53. The summed E-state index contributed by atoms with van der Waals surface area (Å²) < 4.78 is 41.1. The summed E-state index contributed by atoms with van der Waals surface area (Å²) in [5, 5.41) is 7.33. The molecule has 4 amide bonds. The lowest BCUT2D eigenvalue weighted by Gasteiger charge is -2.31. The normalized spacial score (nSPS) is 19.4. The Morgan fingerprint density at radius 3 is 2.53 bits per heavy atom. The Labute approximate surface area is 193 Å². The third-order valence-electron chi connectivity index (χ3n) is 5.85. The summed E-state index contributed by atoms with van der Waals surface area (Å²) >= 11 is 0. The summed E-state index contributed by atoms with van der Waals surface area (Å²) in [6.45, 7) is -0.181. The lowest BCUT2D eigenvalue weighted by molar-refractivity contribution is -0.749. The number of rotatable bonds is 5. The van der Waals surface area contributed by atoms with Gasteiger partial charge in [-0.25, -0.2) is 4.79 Å². The van der Waals surface area contributed by atoms with Gasteiger partial charge in [0.05, 0.1) is 19.3 Å². The molecule has 2 unspecified atom stereocenters. The highest BCUT2D eigenvalue weighted by atomic mass is 32.3. The monoisotopic (exact) mass is 498 g/mol. The van der Waals surface area contributed by atoms with E-state index >= 15 is 0 Å². The second kappa shape index (κ2) is 7.67. The molecule has 17 heteroatoms. The fraction of sp³-hybridized carbons (Fsp3) is 0.471. The predicted octanol–water partition coefficient (Wildman–Crippen LogP) is -1.93. The van der Waals surface area contributed by atoms with Gasteiger partial charge in [-0.2, -0.15) is 18.6 Å². The molecule has 2 bridgehead atoms. The standard InChI is InChI=1S/C17H23N9O7S/c1-21(2)16(28)13-12-10(9-7-25(13)17(29)26(9)33-34(30,31)32)11(20-23(12)4)15(27)19-8-6-22(3)24(5)14(8)18/h6,9,13,18H,7H2,1-5H3,(H2,19,27,30,31,32)/p+1. The average Bonchev–Trinajstić information content (AvgIpc) is 3.30. The number of likely N-dealkylation sites (N-methyl/N-ethyl adjacent to an activating group) is 1. The van der Waals surface area contributed by atoms with Crippen molar-refractivity contribution in [2.24, 2.45) is 21.1 Å². The van der Waals surface area contributed by atoms with Crippen LogP contribution in [0.5, 0.6) is 0 Å². The molecular formula is C17H24N9O7S+. The fourth-order valence-electron chi connectivity index (χ4n) is 4.19. The number of carbonyl (C=O) groups is 3. The van der Waals surface area contributed by atoms with E-state index in [9.17, 15) is 27.4 Å². The first-order chi connectivity index (χ1) is 15.7. The van der Waals surface area contributed by atoms with Gasteiger partial charge in [-0.3, -0.25) is 18.8 Å². The van der Waals surface area contributed by atoms with Crippen LogP contribution in [0.2, 0.25) is 0 Å². The summed E-state index contributed by atoms with van der Waals surface area (Å²) in [4.78, 5) is 41.6. The van der Waals surface area contributed by atoms with E-state index < -0.39 is 40.3 Å². The molecule has 4 rings (SSSR count). The third-order valence-corrected chi connectivity index (χ3v) is 6.20. The van der Waals surface area contributed by atoms with E-state index in [1.54, 1.807) is 29.7 Å². The van der Waals surface area contributed by atoms with E-state index in [2.05, 4.69) is 14.7 Å². The SMILES string of the molecule is CN(C)C(=O)C1c2c(c(C(=O)Nc3c[n+](C)n(C)c3N)nn2C)C2CN1C(=O)N2OS(=O)(=O)O. The first kappa shape index (κ1) is 23.5. The summed E-state index contributed by atoms with van der Waals surface area (Å²) in [5.74, 6) is -0.943. The van der Waals surface area contributed by atoms with E-state index in [1.165, 1.54) is 30.7 Å². The topological polar surface area (TPSA) is 189 Å². The number of amides is 4. The van der Waals surface area contributed by atoms with Crippen LogP contribution in [0.25, 0.3) is 0 Å². The van der Waals surface area contributed by atoms with Crippen LogP contribution in [0.1, 0.15) is 33.8 Å². The van der Waals surface area contributed by atoms with Crippen LogP contribution >= 0.6 is 0 Å². The van der Waals surface area contributed by atoms with Crippen molar-refractivity contribution in [1.29, 1.82) is 0 Å². The van der Waals surface area contributed by atoms with E-state index in [0.717, 1.165) is 4.90 Å². The summed E-state index contributed by atoms with van der Waals surface area (Å²) in [7, 11) is 2.79. The molecule has 0 spiro atoms. The zero-order chi connectivity index (χ0) is 25.3. The number of nitrogen functional groups attached to an aromatic ring is 1. The Morgan fingerprint density at radius 1 is 1.35 bits per heavy atom. The van der Waals surface area contributed by atoms with Gasteiger partial charge in [0.25, 0.3) is 11.8 Å². The number of nitrogens with zero attached hydrogens (tertiary/aromatic N) is 7. The highest BCUT2D eigenvalue weighted by Gasteiger charge is 2.55. The smallest absolute Gasteiger partial charge is 0.379 e. The van der Waals surface area contributed by atoms with Crippen molar-refractivity contribution in [3.05, 3.63) is 23.1 Å². The number of hydrogen-bond donors (Lipinski definition) is 3. The molecule has 0 radical (unpaired) electrons. The molecule has 2 atom stereocenters. The number of hydrogen-bond acceptors (Lipinski definition) is 8. The average molecular weight is 499 g/mol. The van der Waals surface area contributed by atoms with E-state index in [-0.39, 0.29) is 29.3 Å². The molecular weight excluding hydrogens is 474 g/mol. The van der Waals surface area contributed by atoms with Crippen LogP contribution < -0.4 is 15.7 Å². The number of fused-ring (bicyclic) bond motifs is 4. The first-order valence-electron chi connectivity index (χ1n) is 9.90. The van der Waals surface area contributed by atoms with Gasteiger partial charge >= 0.3 is 16.4 Å². The molecule has 2 aromatic heterocycles. The Balaban J connectivity index is 1.85. The van der Waals surface area contributed by atoms with Crippen LogP contribution in [0.4, 0.5) is 16.3 Å². The molecule has 2 aromatic rings. The first-order valence-corrected chi connectivity index (χ1v) is 11.3. The minimum absolute atomic E-state index is 0.116. The highest BCUT2D eigenvalue weighted by Crippen LogP contribution is 2.46. The molecule has 2 aliphatic heterocycles. The van der Waals surface area contributed by atoms with Gasteiger partial charge in [0.1, 0.15) is 6.04 Å². The van der Waals surface area contributed by atoms with Gasteiger partial charge in [-0.15, -0.1) is 13.6 Å². The van der Waals surface area contributed by atoms with Crippen molar-refractivity contribution in [1.82, 2.24) is 29.3 Å². The van der Waals surface area contributed by atoms with Crippen molar-refractivity contribution in [3.63, 3.8) is 0 Å². The van der Waals surface area contributed by atoms with E-state index in [4.69, 9.17) is 5.73 Å². The zero-order valence-corrected chi connectivity index (χ0v) is 19.8. The number of nitrogens with one attached hydrogen (secondary N) is 1. The minimum Gasteiger partial charge on any atom is -0.379 e. The van der Waals surface area contributed by atoms with Gasteiger partial charge in [-0.05, 0) is 0 Å². The van der Waals surface area contributed by atoms with Crippen LogP contribution in [0, 0.1) is 0 Å². The lowest BCUT2D eigenvalue weighted by Crippen LogP contribution is -2.44. The maximum absolute atomic E-state index is 13.2. The molecule has 0 aromatic carbocycles. The molecule has 34 heavy (non-hydrogen) atoms. The van der Waals surface area contributed by atoms with Gasteiger partial charge in [0.15, 0.2) is 30.3 Å². The minimum atomic E-state index is -5.08. The van der Waals surface area contributed by atoms with Crippen LogP contribution in [0.3, 0.4) is 0 Å². The second-order valence-electron chi connectivity index (χ2n) is 8.16. The second-order valence-corrected chi connectivity index (χ2v) is 9.17. The number of aryl methyl sites for hydroxylation is 2. The predicted molar refractivity (Wildman–Crippen MR) is 113 cm³/mol. The quantitative estimate of drug-likeness (QED) is 0.311. The Kier molecular flexibility index (Phi) is 5.29. The Bertz CT molecular complexity index is 1330. The Morgan fingerprint density at radius 2 is 2.00 bits per heavy atom. The van der Waals surface area contributed by atoms with Crippen molar-refractivity contribution in [2.75, 3.05) is 31.7 Å². The molecule has 4 heterocycles. The van der Waals surface area contributed by atoms with E-state index in [0.29, 0.717) is 10.8 Å². The molecule has 4 N–H and O–H groups in total. The van der Waals surface area contributed by atoms with Gasteiger partial charge in [0, 0.05) is 26.7 Å². The number of carbonyl (C=O) groups excluding carboxylic acids is 3. The molecule has 2 aliphatic rings.